The number of nitrogen functional groups attached to an aromatic ring is 1. The molecule has 0 radical (unpaired) electrons. The summed E-state index contributed by atoms with van der Waals surface area (Å²) in [6.07, 6.45) is 1.54. The molecule has 2 N–H and O–H groups in total. The number of hydrogen-bond donors (Lipinski definition) is 1. The molecule has 0 fully saturated rings. The SMILES string of the molecule is CN(C)CCn1cnc2ccc(-c3ccc(N)c([N+](=O)[O-])c3)cc2c1=O. The van der Waals surface area contributed by atoms with E-state index >= 15 is 0 Å². The van der Waals surface area contributed by atoms with Crippen molar-refractivity contribution in [2.24, 2.45) is 0 Å². The zero-order valence-electron chi connectivity index (χ0n) is 14.5. The maximum Gasteiger partial charge on any atom is 0.292 e. The first-order valence-electron chi connectivity index (χ1n) is 8.05. The topological polar surface area (TPSA) is 107 Å². The van der Waals surface area contributed by atoms with Gasteiger partial charge in [-0.05, 0) is 43.4 Å². The van der Waals surface area contributed by atoms with Gasteiger partial charge in [-0.25, -0.2) is 4.98 Å². The predicted molar refractivity (Wildman–Crippen MR) is 101 cm³/mol. The van der Waals surface area contributed by atoms with Gasteiger partial charge in [0.15, 0.2) is 0 Å². The monoisotopic (exact) mass is 353 g/mol. The van der Waals surface area contributed by atoms with Crippen LogP contribution in [0.1, 0.15) is 0 Å². The summed E-state index contributed by atoms with van der Waals surface area (Å²) in [5.74, 6) is 0. The van der Waals surface area contributed by atoms with Gasteiger partial charge >= 0.3 is 0 Å². The third kappa shape index (κ3) is 3.40. The Morgan fingerprint density at radius 2 is 1.88 bits per heavy atom. The van der Waals surface area contributed by atoms with Gasteiger partial charge in [0.25, 0.3) is 11.2 Å². The summed E-state index contributed by atoms with van der Waals surface area (Å²) in [6.45, 7) is 1.25. The molecule has 0 spiro atoms. The van der Waals surface area contributed by atoms with Gasteiger partial charge in [0.1, 0.15) is 5.69 Å². The van der Waals surface area contributed by atoms with Crippen LogP contribution in [0.4, 0.5) is 11.4 Å². The van der Waals surface area contributed by atoms with Gasteiger partial charge in [-0.15, -0.1) is 0 Å². The van der Waals surface area contributed by atoms with Crippen LogP contribution < -0.4 is 11.3 Å². The highest BCUT2D eigenvalue weighted by Crippen LogP contribution is 2.29. The normalized spacial score (nSPS) is 11.2. The maximum absolute atomic E-state index is 12.7. The molecule has 1 heterocycles. The van der Waals surface area contributed by atoms with Crippen molar-refractivity contribution in [3.05, 3.63) is 63.2 Å². The average Bonchev–Trinajstić information content (AvgIpc) is 2.61. The number of nitrogens with zero attached hydrogens (tertiary/aromatic N) is 4. The summed E-state index contributed by atoms with van der Waals surface area (Å²) in [6, 6.07) is 9.85. The standard InChI is InChI=1S/C18H19N5O3/c1-21(2)7-8-22-11-20-16-6-4-12(9-14(16)18(22)24)13-3-5-15(19)17(10-13)23(25)26/h3-6,9-11H,7-8,19H2,1-2H3. The van der Waals surface area contributed by atoms with Crippen LogP contribution in [0.25, 0.3) is 22.0 Å². The molecule has 3 aromatic rings. The number of nitrogens with two attached hydrogens (primary N) is 1. The first kappa shape index (κ1) is 17.6. The van der Waals surface area contributed by atoms with E-state index in [9.17, 15) is 14.9 Å². The molecule has 8 heteroatoms. The fourth-order valence-corrected chi connectivity index (χ4v) is 2.69. The van der Waals surface area contributed by atoms with E-state index in [2.05, 4.69) is 4.98 Å². The molecule has 134 valence electrons. The van der Waals surface area contributed by atoms with Gasteiger partial charge in [-0.1, -0.05) is 12.1 Å². The van der Waals surface area contributed by atoms with E-state index in [1.807, 2.05) is 19.0 Å². The molecule has 26 heavy (non-hydrogen) atoms. The molecule has 0 unspecified atom stereocenters. The highest BCUT2D eigenvalue weighted by Gasteiger charge is 2.14. The van der Waals surface area contributed by atoms with E-state index < -0.39 is 4.92 Å². The fraction of sp³-hybridized carbons (Fsp3) is 0.222. The quantitative estimate of drug-likeness (QED) is 0.428. The minimum Gasteiger partial charge on any atom is -0.393 e. The molecule has 8 nitrogen and oxygen atoms in total. The van der Waals surface area contributed by atoms with E-state index in [1.54, 1.807) is 35.2 Å². The number of rotatable bonds is 5. The zero-order valence-corrected chi connectivity index (χ0v) is 14.5. The molecule has 0 aliphatic rings. The Morgan fingerprint density at radius 3 is 2.58 bits per heavy atom. The van der Waals surface area contributed by atoms with E-state index in [-0.39, 0.29) is 16.9 Å². The van der Waals surface area contributed by atoms with Gasteiger partial charge in [0.2, 0.25) is 0 Å². The predicted octanol–water partition coefficient (Wildman–Crippen LogP) is 2.12. The van der Waals surface area contributed by atoms with E-state index in [4.69, 9.17) is 5.73 Å². The molecule has 0 aliphatic heterocycles. The molecule has 0 aliphatic carbocycles. The number of benzene rings is 2. The fourth-order valence-electron chi connectivity index (χ4n) is 2.69. The lowest BCUT2D eigenvalue weighted by Crippen LogP contribution is -2.26. The van der Waals surface area contributed by atoms with Crippen LogP contribution in [0.3, 0.4) is 0 Å². The van der Waals surface area contributed by atoms with Crippen molar-refractivity contribution >= 4 is 22.3 Å². The smallest absolute Gasteiger partial charge is 0.292 e. The Balaban J connectivity index is 2.08. The number of anilines is 1. The summed E-state index contributed by atoms with van der Waals surface area (Å²) in [5.41, 5.74) is 7.37. The highest BCUT2D eigenvalue weighted by atomic mass is 16.6. The third-order valence-electron chi connectivity index (χ3n) is 4.17. The van der Waals surface area contributed by atoms with Crippen molar-refractivity contribution in [3.63, 3.8) is 0 Å². The van der Waals surface area contributed by atoms with Crippen LogP contribution in [0.15, 0.2) is 47.5 Å². The van der Waals surface area contributed by atoms with Crippen molar-refractivity contribution in [1.29, 1.82) is 0 Å². The van der Waals surface area contributed by atoms with Crippen molar-refractivity contribution in [1.82, 2.24) is 14.5 Å². The Kier molecular flexibility index (Phi) is 4.68. The lowest BCUT2D eigenvalue weighted by atomic mass is 10.0. The molecule has 0 atom stereocenters. The Labute approximate surface area is 149 Å². The third-order valence-corrected chi connectivity index (χ3v) is 4.17. The van der Waals surface area contributed by atoms with Gasteiger partial charge < -0.3 is 10.6 Å². The largest absolute Gasteiger partial charge is 0.393 e. The molecule has 0 saturated heterocycles. The minimum absolute atomic E-state index is 0.104. The lowest BCUT2D eigenvalue weighted by molar-refractivity contribution is -0.383. The number of likely N-dealkylation sites (N-methyl/N-ethyl adjacent to an activating group) is 1. The Hall–Kier alpha value is -3.26. The molecule has 1 aromatic heterocycles. The lowest BCUT2D eigenvalue weighted by Gasteiger charge is -2.11. The minimum atomic E-state index is -0.518. The molecular weight excluding hydrogens is 334 g/mol. The Morgan fingerprint density at radius 1 is 1.19 bits per heavy atom. The average molecular weight is 353 g/mol. The zero-order chi connectivity index (χ0) is 18.8. The number of aromatic nitrogens is 2. The van der Waals surface area contributed by atoms with Crippen molar-refractivity contribution in [2.75, 3.05) is 26.4 Å². The summed E-state index contributed by atoms with van der Waals surface area (Å²) < 4.78 is 1.57. The van der Waals surface area contributed by atoms with Gasteiger partial charge in [0, 0.05) is 19.2 Å². The van der Waals surface area contributed by atoms with Gasteiger partial charge in [-0.2, -0.15) is 0 Å². The highest BCUT2D eigenvalue weighted by molar-refractivity contribution is 5.84. The van der Waals surface area contributed by atoms with Crippen molar-refractivity contribution in [2.45, 2.75) is 6.54 Å². The second kappa shape index (κ2) is 6.93. The summed E-state index contributed by atoms with van der Waals surface area (Å²) in [7, 11) is 3.87. The first-order valence-corrected chi connectivity index (χ1v) is 8.05. The van der Waals surface area contributed by atoms with E-state index in [0.717, 1.165) is 6.54 Å². The number of nitro groups is 1. The molecule has 3 rings (SSSR count). The molecule has 2 aromatic carbocycles. The van der Waals surface area contributed by atoms with Crippen LogP contribution in [0.2, 0.25) is 0 Å². The van der Waals surface area contributed by atoms with E-state index in [1.165, 1.54) is 12.1 Å². The van der Waals surface area contributed by atoms with Crippen LogP contribution >= 0.6 is 0 Å². The van der Waals surface area contributed by atoms with E-state index in [0.29, 0.717) is 28.6 Å². The summed E-state index contributed by atoms with van der Waals surface area (Å²) in [4.78, 5) is 29.6. The molecule has 0 amide bonds. The van der Waals surface area contributed by atoms with Gasteiger partial charge in [-0.3, -0.25) is 19.5 Å². The Bertz CT molecular complexity index is 1040. The summed E-state index contributed by atoms with van der Waals surface area (Å²) in [5, 5.41) is 11.6. The molecule has 0 saturated carbocycles. The number of fused-ring (bicyclic) bond motifs is 1. The summed E-state index contributed by atoms with van der Waals surface area (Å²) >= 11 is 0. The van der Waals surface area contributed by atoms with Crippen LogP contribution in [-0.4, -0.2) is 40.0 Å². The van der Waals surface area contributed by atoms with Crippen molar-refractivity contribution < 1.29 is 4.92 Å². The number of hydrogen-bond acceptors (Lipinski definition) is 6. The molecular formula is C18H19N5O3. The number of nitro benzene ring substituents is 1. The van der Waals surface area contributed by atoms with Crippen LogP contribution in [0, 0.1) is 10.1 Å². The van der Waals surface area contributed by atoms with Gasteiger partial charge in [0.05, 0.1) is 22.2 Å². The van der Waals surface area contributed by atoms with Crippen LogP contribution in [-0.2, 0) is 6.54 Å². The second-order valence-electron chi connectivity index (χ2n) is 6.31. The van der Waals surface area contributed by atoms with Crippen molar-refractivity contribution in [3.8, 4) is 11.1 Å². The van der Waals surface area contributed by atoms with Crippen LogP contribution in [0.5, 0.6) is 0 Å². The molecule has 0 bridgehead atoms. The second-order valence-corrected chi connectivity index (χ2v) is 6.31. The maximum atomic E-state index is 12.7. The first-order chi connectivity index (χ1) is 12.4.